The summed E-state index contributed by atoms with van der Waals surface area (Å²) in [4.78, 5) is 28.3. The van der Waals surface area contributed by atoms with Gasteiger partial charge in [0.2, 0.25) is 5.91 Å². The number of hydrogen-bond donors (Lipinski definition) is 0. The molecule has 5 nitrogen and oxygen atoms in total. The van der Waals surface area contributed by atoms with Crippen LogP contribution in [0.5, 0.6) is 0 Å². The molecule has 0 radical (unpaired) electrons. The van der Waals surface area contributed by atoms with Crippen LogP contribution in [-0.4, -0.2) is 63.6 Å². The van der Waals surface area contributed by atoms with E-state index in [1.54, 1.807) is 29.4 Å². The third-order valence-electron chi connectivity index (χ3n) is 5.12. The fourth-order valence-corrected chi connectivity index (χ4v) is 5.48. The molecule has 146 valence electrons. The predicted molar refractivity (Wildman–Crippen MR) is 117 cm³/mol. The van der Waals surface area contributed by atoms with Crippen LogP contribution in [0.15, 0.2) is 47.8 Å². The average molecular weight is 413 g/mol. The summed E-state index contributed by atoms with van der Waals surface area (Å²) >= 11 is 3.21. The summed E-state index contributed by atoms with van der Waals surface area (Å²) in [5.74, 6) is 0.200. The summed E-state index contributed by atoms with van der Waals surface area (Å²) < 4.78 is 0. The van der Waals surface area contributed by atoms with Crippen LogP contribution in [0.4, 0.5) is 0 Å². The van der Waals surface area contributed by atoms with E-state index in [-0.39, 0.29) is 11.2 Å². The van der Waals surface area contributed by atoms with Crippen LogP contribution in [0.1, 0.15) is 13.8 Å². The SMILES string of the molecule is CCN1CCN(C(=O)[C@@H](C)Sc2ncnc3sc(-c4ccccc4)cc23)CC1. The summed E-state index contributed by atoms with van der Waals surface area (Å²) in [7, 11) is 0. The number of carbonyl (C=O) groups excluding carboxylic acids is 1. The number of carbonyl (C=O) groups is 1. The lowest BCUT2D eigenvalue weighted by molar-refractivity contribution is -0.132. The van der Waals surface area contributed by atoms with Crippen LogP contribution in [-0.2, 0) is 4.79 Å². The van der Waals surface area contributed by atoms with Gasteiger partial charge in [-0.2, -0.15) is 0 Å². The molecule has 0 spiro atoms. The monoisotopic (exact) mass is 412 g/mol. The number of thioether (sulfide) groups is 1. The van der Waals surface area contributed by atoms with E-state index >= 15 is 0 Å². The number of thiophene rings is 1. The Balaban J connectivity index is 1.51. The summed E-state index contributed by atoms with van der Waals surface area (Å²) in [6, 6.07) is 12.5. The van der Waals surface area contributed by atoms with Gasteiger partial charge in [-0.1, -0.05) is 49.0 Å². The van der Waals surface area contributed by atoms with E-state index in [0.717, 1.165) is 48.0 Å². The molecule has 1 atom stereocenters. The van der Waals surface area contributed by atoms with Gasteiger partial charge in [-0.25, -0.2) is 9.97 Å². The minimum atomic E-state index is -0.161. The zero-order valence-corrected chi connectivity index (χ0v) is 17.8. The molecular weight excluding hydrogens is 388 g/mol. The number of piperazine rings is 1. The Hall–Kier alpha value is -1.96. The van der Waals surface area contributed by atoms with Crippen LogP contribution in [0.25, 0.3) is 20.7 Å². The summed E-state index contributed by atoms with van der Waals surface area (Å²) in [6.07, 6.45) is 1.60. The smallest absolute Gasteiger partial charge is 0.235 e. The Morgan fingerprint density at radius 1 is 1.18 bits per heavy atom. The highest BCUT2D eigenvalue weighted by Gasteiger charge is 2.26. The Labute approximate surface area is 173 Å². The molecule has 0 unspecified atom stereocenters. The lowest BCUT2D eigenvalue weighted by Gasteiger charge is -2.35. The number of rotatable bonds is 5. The van der Waals surface area contributed by atoms with Gasteiger partial charge in [-0.3, -0.25) is 4.79 Å². The molecule has 0 aliphatic carbocycles. The molecule has 1 fully saturated rings. The average Bonchev–Trinajstić information content (AvgIpc) is 3.19. The fraction of sp³-hybridized carbons (Fsp3) is 0.381. The molecule has 3 aromatic rings. The molecule has 0 bridgehead atoms. The highest BCUT2D eigenvalue weighted by molar-refractivity contribution is 8.00. The van der Waals surface area contributed by atoms with Gasteiger partial charge in [-0.05, 0) is 25.1 Å². The van der Waals surface area contributed by atoms with Gasteiger partial charge in [0.1, 0.15) is 16.2 Å². The van der Waals surface area contributed by atoms with E-state index < -0.39 is 0 Å². The third kappa shape index (κ3) is 4.06. The molecule has 1 aliphatic heterocycles. The minimum Gasteiger partial charge on any atom is -0.339 e. The lowest BCUT2D eigenvalue weighted by atomic mass is 10.2. The quantitative estimate of drug-likeness (QED) is 0.468. The lowest BCUT2D eigenvalue weighted by Crippen LogP contribution is -2.50. The van der Waals surface area contributed by atoms with Crippen molar-refractivity contribution in [1.29, 1.82) is 0 Å². The molecule has 0 N–H and O–H groups in total. The summed E-state index contributed by atoms with van der Waals surface area (Å²) in [6.45, 7) is 8.75. The first-order valence-corrected chi connectivity index (χ1v) is 11.3. The summed E-state index contributed by atoms with van der Waals surface area (Å²) in [5.41, 5.74) is 1.18. The second kappa shape index (κ2) is 8.59. The van der Waals surface area contributed by atoms with Crippen LogP contribution >= 0.6 is 23.1 Å². The van der Waals surface area contributed by atoms with E-state index in [2.05, 4.69) is 40.0 Å². The van der Waals surface area contributed by atoms with Crippen molar-refractivity contribution in [1.82, 2.24) is 19.8 Å². The van der Waals surface area contributed by atoms with Crippen LogP contribution in [0, 0.1) is 0 Å². The van der Waals surface area contributed by atoms with Crippen molar-refractivity contribution >= 4 is 39.2 Å². The minimum absolute atomic E-state index is 0.161. The van der Waals surface area contributed by atoms with E-state index in [1.807, 2.05) is 30.0 Å². The van der Waals surface area contributed by atoms with Crippen molar-refractivity contribution in [3.05, 3.63) is 42.7 Å². The second-order valence-corrected chi connectivity index (χ2v) is 9.25. The molecule has 4 rings (SSSR count). The van der Waals surface area contributed by atoms with E-state index in [9.17, 15) is 4.79 Å². The number of fused-ring (bicyclic) bond motifs is 1. The van der Waals surface area contributed by atoms with Gasteiger partial charge in [0, 0.05) is 36.4 Å². The fourth-order valence-electron chi connectivity index (χ4n) is 3.43. The van der Waals surface area contributed by atoms with Gasteiger partial charge in [-0.15, -0.1) is 11.3 Å². The largest absolute Gasteiger partial charge is 0.339 e. The van der Waals surface area contributed by atoms with Gasteiger partial charge in [0.25, 0.3) is 0 Å². The van der Waals surface area contributed by atoms with Crippen molar-refractivity contribution in [2.45, 2.75) is 24.1 Å². The van der Waals surface area contributed by atoms with Crippen LogP contribution in [0.2, 0.25) is 0 Å². The highest BCUT2D eigenvalue weighted by Crippen LogP contribution is 2.37. The maximum absolute atomic E-state index is 12.9. The van der Waals surface area contributed by atoms with Gasteiger partial charge in [0.05, 0.1) is 5.25 Å². The van der Waals surface area contributed by atoms with Crippen molar-refractivity contribution in [2.75, 3.05) is 32.7 Å². The number of amides is 1. The Morgan fingerprint density at radius 3 is 2.64 bits per heavy atom. The molecule has 7 heteroatoms. The van der Waals surface area contributed by atoms with Crippen LogP contribution in [0.3, 0.4) is 0 Å². The number of nitrogens with zero attached hydrogens (tertiary/aromatic N) is 4. The van der Waals surface area contributed by atoms with Crippen molar-refractivity contribution < 1.29 is 4.79 Å². The van der Waals surface area contributed by atoms with Crippen LogP contribution < -0.4 is 0 Å². The Morgan fingerprint density at radius 2 is 1.93 bits per heavy atom. The molecule has 1 aliphatic rings. The zero-order chi connectivity index (χ0) is 19.5. The Bertz CT molecular complexity index is 951. The van der Waals surface area contributed by atoms with Gasteiger partial charge >= 0.3 is 0 Å². The predicted octanol–water partition coefficient (Wildman–Crippen LogP) is 4.00. The highest BCUT2D eigenvalue weighted by atomic mass is 32.2. The van der Waals surface area contributed by atoms with E-state index in [4.69, 9.17) is 0 Å². The Kier molecular flexibility index (Phi) is 5.94. The third-order valence-corrected chi connectivity index (χ3v) is 7.31. The normalized spacial score (nSPS) is 16.4. The number of benzene rings is 1. The molecule has 0 saturated carbocycles. The second-order valence-electron chi connectivity index (χ2n) is 6.89. The summed E-state index contributed by atoms with van der Waals surface area (Å²) in [5, 5.41) is 1.76. The molecule has 1 aromatic carbocycles. The first-order chi connectivity index (χ1) is 13.7. The topological polar surface area (TPSA) is 49.3 Å². The molecule has 1 saturated heterocycles. The first-order valence-electron chi connectivity index (χ1n) is 9.63. The first kappa shape index (κ1) is 19.4. The standard InChI is InChI=1S/C21H24N4OS2/c1-3-24-9-11-25(12-10-24)21(26)15(2)27-19-17-13-18(16-7-5-4-6-8-16)28-20(17)23-14-22-19/h4-8,13-15H,3,9-12H2,1-2H3/t15-/m1/s1. The molecule has 1 amide bonds. The molecule has 3 heterocycles. The molecule has 28 heavy (non-hydrogen) atoms. The maximum Gasteiger partial charge on any atom is 0.235 e. The van der Waals surface area contributed by atoms with Crippen molar-refractivity contribution in [2.24, 2.45) is 0 Å². The van der Waals surface area contributed by atoms with E-state index in [0.29, 0.717) is 0 Å². The number of aromatic nitrogens is 2. The molecule has 2 aromatic heterocycles. The van der Waals surface area contributed by atoms with Crippen molar-refractivity contribution in [3.63, 3.8) is 0 Å². The maximum atomic E-state index is 12.9. The van der Waals surface area contributed by atoms with Gasteiger partial charge in [0.15, 0.2) is 0 Å². The van der Waals surface area contributed by atoms with Crippen molar-refractivity contribution in [3.8, 4) is 10.4 Å². The van der Waals surface area contributed by atoms with Gasteiger partial charge < -0.3 is 9.80 Å². The number of hydrogen-bond acceptors (Lipinski definition) is 6. The van der Waals surface area contributed by atoms with E-state index in [1.165, 1.54) is 10.4 Å². The molecular formula is C21H24N4OS2. The number of likely N-dealkylation sites (N-methyl/N-ethyl adjacent to an activating group) is 1. The zero-order valence-electron chi connectivity index (χ0n) is 16.2.